The summed E-state index contributed by atoms with van der Waals surface area (Å²) in [6.07, 6.45) is 6.16. The van der Waals surface area contributed by atoms with Crippen molar-refractivity contribution in [2.24, 2.45) is 5.92 Å². The first-order valence-corrected chi connectivity index (χ1v) is 12.6. The lowest BCUT2D eigenvalue weighted by Gasteiger charge is -2.32. The molecule has 0 aliphatic heterocycles. The Kier molecular flexibility index (Phi) is 8.57. The number of carbonyl (C=O) groups is 1. The van der Waals surface area contributed by atoms with Crippen LogP contribution in [0.4, 0.5) is 0 Å². The average Bonchev–Trinajstić information content (AvgIpc) is 2.93. The summed E-state index contributed by atoms with van der Waals surface area (Å²) in [7, 11) is 0. The molecule has 0 amide bonds. The molecule has 4 rings (SSSR count). The molecule has 0 spiro atoms. The van der Waals surface area contributed by atoms with Crippen LogP contribution in [0.1, 0.15) is 72.0 Å². The molecule has 1 saturated carbocycles. The molecule has 4 heteroatoms. The molecule has 0 aromatic heterocycles. The van der Waals surface area contributed by atoms with Crippen molar-refractivity contribution in [3.63, 3.8) is 0 Å². The highest BCUT2D eigenvalue weighted by Gasteiger charge is 2.27. The first-order chi connectivity index (χ1) is 17.2. The second-order valence-electron chi connectivity index (χ2n) is 9.24. The van der Waals surface area contributed by atoms with Crippen LogP contribution in [0, 0.1) is 17.2 Å². The lowest BCUT2D eigenvalue weighted by Crippen LogP contribution is -2.24. The quantitative estimate of drug-likeness (QED) is 0.298. The highest BCUT2D eigenvalue weighted by Crippen LogP contribution is 2.38. The Morgan fingerprint density at radius 2 is 1.54 bits per heavy atom. The molecule has 1 aliphatic carbocycles. The van der Waals surface area contributed by atoms with E-state index in [9.17, 15) is 4.79 Å². The zero-order valence-electron chi connectivity index (χ0n) is 20.4. The minimum atomic E-state index is 0.158. The van der Waals surface area contributed by atoms with Crippen LogP contribution in [-0.2, 0) is 6.42 Å². The molecule has 35 heavy (non-hydrogen) atoms. The standard InChI is InChI=1S/C31H33NO3/c1-2-31(33)26-13-17-29(18-14-26)35-22-27-5-3-4-6-30(27)25-11-15-28(16-12-25)34-20-19-23-7-9-24(21-32)10-8-23/h7-18,27,30H,2-6,19-20,22H2,1H3/t27-,30-/m0/s1. The first-order valence-electron chi connectivity index (χ1n) is 12.6. The number of ether oxygens (including phenoxy) is 2. The fourth-order valence-corrected chi connectivity index (χ4v) is 4.83. The molecule has 3 aromatic rings. The number of benzene rings is 3. The van der Waals surface area contributed by atoms with Crippen molar-refractivity contribution in [3.8, 4) is 17.6 Å². The predicted molar refractivity (Wildman–Crippen MR) is 138 cm³/mol. The minimum Gasteiger partial charge on any atom is -0.493 e. The third-order valence-corrected chi connectivity index (χ3v) is 6.92. The Morgan fingerprint density at radius 1 is 0.886 bits per heavy atom. The summed E-state index contributed by atoms with van der Waals surface area (Å²) in [5.41, 5.74) is 3.94. The van der Waals surface area contributed by atoms with Crippen LogP contribution < -0.4 is 9.47 Å². The van der Waals surface area contributed by atoms with Crippen molar-refractivity contribution in [2.45, 2.75) is 51.4 Å². The molecule has 1 aliphatic rings. The fourth-order valence-electron chi connectivity index (χ4n) is 4.83. The van der Waals surface area contributed by atoms with Gasteiger partial charge in [0.2, 0.25) is 0 Å². The summed E-state index contributed by atoms with van der Waals surface area (Å²) in [5.74, 6) is 2.83. The molecule has 0 bridgehead atoms. The van der Waals surface area contributed by atoms with Gasteiger partial charge in [0.05, 0.1) is 24.8 Å². The predicted octanol–water partition coefficient (Wildman–Crippen LogP) is 7.13. The number of nitrogens with zero attached hydrogens (tertiary/aromatic N) is 1. The van der Waals surface area contributed by atoms with E-state index < -0.39 is 0 Å². The van der Waals surface area contributed by atoms with Crippen LogP contribution in [-0.4, -0.2) is 19.0 Å². The second-order valence-corrected chi connectivity index (χ2v) is 9.24. The van der Waals surface area contributed by atoms with Gasteiger partial charge in [-0.25, -0.2) is 0 Å². The van der Waals surface area contributed by atoms with Crippen LogP contribution in [0.15, 0.2) is 72.8 Å². The normalized spacial score (nSPS) is 17.4. The van der Waals surface area contributed by atoms with Gasteiger partial charge >= 0.3 is 0 Å². The van der Waals surface area contributed by atoms with Crippen molar-refractivity contribution in [3.05, 3.63) is 95.1 Å². The van der Waals surface area contributed by atoms with Gasteiger partial charge in [-0.05, 0) is 84.3 Å². The van der Waals surface area contributed by atoms with Crippen LogP contribution in [0.25, 0.3) is 0 Å². The molecule has 4 nitrogen and oxygen atoms in total. The zero-order chi connectivity index (χ0) is 24.5. The molecule has 0 saturated heterocycles. The highest BCUT2D eigenvalue weighted by molar-refractivity contribution is 5.95. The summed E-state index contributed by atoms with van der Waals surface area (Å²) in [5, 5.41) is 8.91. The van der Waals surface area contributed by atoms with Gasteiger partial charge in [-0.15, -0.1) is 0 Å². The molecule has 0 unspecified atom stereocenters. The summed E-state index contributed by atoms with van der Waals surface area (Å²) in [6.45, 7) is 3.18. The molecule has 3 aromatic carbocycles. The molecular weight excluding hydrogens is 434 g/mol. The third-order valence-electron chi connectivity index (χ3n) is 6.92. The maximum atomic E-state index is 11.8. The molecule has 0 heterocycles. The van der Waals surface area contributed by atoms with Crippen LogP contribution >= 0.6 is 0 Å². The lowest BCUT2D eigenvalue weighted by molar-refractivity contribution is 0.0988. The van der Waals surface area contributed by atoms with Gasteiger partial charge < -0.3 is 9.47 Å². The number of Topliss-reactive ketones (excluding diaryl/α,β-unsaturated/α-hetero) is 1. The van der Waals surface area contributed by atoms with Gasteiger partial charge in [0, 0.05) is 18.4 Å². The second kappa shape index (κ2) is 12.2. The summed E-state index contributed by atoms with van der Waals surface area (Å²) < 4.78 is 12.1. The van der Waals surface area contributed by atoms with Crippen LogP contribution in [0.2, 0.25) is 0 Å². The monoisotopic (exact) mass is 467 g/mol. The zero-order valence-corrected chi connectivity index (χ0v) is 20.4. The summed E-state index contributed by atoms with van der Waals surface area (Å²) in [6, 6.07) is 25.9. The van der Waals surface area contributed by atoms with Gasteiger partial charge in [0.1, 0.15) is 11.5 Å². The van der Waals surface area contributed by atoms with E-state index in [4.69, 9.17) is 14.7 Å². The van der Waals surface area contributed by atoms with E-state index in [1.165, 1.54) is 31.2 Å². The largest absolute Gasteiger partial charge is 0.493 e. The molecule has 0 radical (unpaired) electrons. The van der Waals surface area contributed by atoms with Crippen molar-refractivity contribution in [2.75, 3.05) is 13.2 Å². The Bertz CT molecular complexity index is 1130. The van der Waals surface area contributed by atoms with Crippen molar-refractivity contribution >= 4 is 5.78 Å². The third kappa shape index (κ3) is 6.73. The number of carbonyl (C=O) groups excluding carboxylic acids is 1. The molecule has 0 N–H and O–H groups in total. The maximum absolute atomic E-state index is 11.8. The average molecular weight is 468 g/mol. The van der Waals surface area contributed by atoms with Gasteiger partial charge in [0.15, 0.2) is 5.78 Å². The number of ketones is 1. The smallest absolute Gasteiger partial charge is 0.162 e. The number of hydrogen-bond acceptors (Lipinski definition) is 4. The Morgan fingerprint density at radius 3 is 2.23 bits per heavy atom. The summed E-state index contributed by atoms with van der Waals surface area (Å²) >= 11 is 0. The molecule has 1 fully saturated rings. The van der Waals surface area contributed by atoms with E-state index >= 15 is 0 Å². The molecule has 2 atom stereocenters. The van der Waals surface area contributed by atoms with Gasteiger partial charge in [-0.1, -0.05) is 44.0 Å². The topological polar surface area (TPSA) is 59.3 Å². The van der Waals surface area contributed by atoms with E-state index in [0.29, 0.717) is 37.0 Å². The van der Waals surface area contributed by atoms with E-state index in [-0.39, 0.29) is 5.78 Å². The van der Waals surface area contributed by atoms with Gasteiger partial charge in [0.25, 0.3) is 0 Å². The Hall–Kier alpha value is -3.58. The SMILES string of the molecule is CCC(=O)c1ccc(OC[C@@H]2CCCC[C@H]2c2ccc(OCCc3ccc(C#N)cc3)cc2)cc1. The van der Waals surface area contributed by atoms with E-state index in [2.05, 4.69) is 30.3 Å². The van der Waals surface area contributed by atoms with Crippen molar-refractivity contribution < 1.29 is 14.3 Å². The van der Waals surface area contributed by atoms with Crippen LogP contribution in [0.3, 0.4) is 0 Å². The molecular formula is C31H33NO3. The minimum absolute atomic E-state index is 0.158. The van der Waals surface area contributed by atoms with E-state index in [1.54, 1.807) is 0 Å². The lowest BCUT2D eigenvalue weighted by atomic mass is 9.76. The molecule has 180 valence electrons. The fraction of sp³-hybridized carbons (Fsp3) is 0.355. The Balaban J connectivity index is 1.30. The van der Waals surface area contributed by atoms with Crippen molar-refractivity contribution in [1.82, 2.24) is 0 Å². The maximum Gasteiger partial charge on any atom is 0.162 e. The number of rotatable bonds is 10. The van der Waals surface area contributed by atoms with Crippen LogP contribution in [0.5, 0.6) is 11.5 Å². The van der Waals surface area contributed by atoms with Gasteiger partial charge in [-0.2, -0.15) is 5.26 Å². The van der Waals surface area contributed by atoms with E-state index in [1.807, 2.05) is 55.5 Å². The summed E-state index contributed by atoms with van der Waals surface area (Å²) in [4.78, 5) is 11.8. The first kappa shape index (κ1) is 24.5. The highest BCUT2D eigenvalue weighted by atomic mass is 16.5. The number of nitriles is 1. The number of hydrogen-bond donors (Lipinski definition) is 0. The van der Waals surface area contributed by atoms with Crippen molar-refractivity contribution in [1.29, 1.82) is 5.26 Å². The van der Waals surface area contributed by atoms with E-state index in [0.717, 1.165) is 29.0 Å². The van der Waals surface area contributed by atoms with Gasteiger partial charge in [-0.3, -0.25) is 4.79 Å². The Labute approximate surface area is 208 Å².